The number of nitrogen functional groups attached to an aromatic ring is 1. The molecule has 0 spiro atoms. The maximum Gasteiger partial charge on any atom is 0.255 e. The molecule has 0 saturated carbocycles. The molecule has 0 aliphatic rings. The van der Waals surface area contributed by atoms with Crippen molar-refractivity contribution in [1.82, 2.24) is 9.55 Å². The van der Waals surface area contributed by atoms with Crippen molar-refractivity contribution in [2.75, 3.05) is 11.1 Å². The standard InChI is InChI=1S/C23H30N4O.ClH/c1-3-5-7-8-17-9-11-18(12-10-17)22(28)25-19-13-14-21-20(16-19)26-23(24)27(21)15-6-4-2;/h9-14,16H,3-8,15H2,1-2H3,(H2,24,26)(H,25,28);1H. The number of amides is 1. The number of carbonyl (C=O) groups is 1. The summed E-state index contributed by atoms with van der Waals surface area (Å²) in [6.45, 7) is 5.21. The van der Waals surface area contributed by atoms with Crippen molar-refractivity contribution in [3.8, 4) is 0 Å². The van der Waals surface area contributed by atoms with E-state index < -0.39 is 0 Å². The number of carbonyl (C=O) groups excluding carboxylic acids is 1. The SMILES string of the molecule is CCCCCc1ccc(C(=O)Nc2ccc3c(c2)nc(N)n3CCCC)cc1.Cl. The number of hydrogen-bond donors (Lipinski definition) is 2. The number of hydrogen-bond acceptors (Lipinski definition) is 3. The molecule has 156 valence electrons. The minimum Gasteiger partial charge on any atom is -0.369 e. The number of aromatic nitrogens is 2. The van der Waals surface area contributed by atoms with E-state index in [0.717, 1.165) is 42.5 Å². The highest BCUT2D eigenvalue weighted by Crippen LogP contribution is 2.23. The quantitative estimate of drug-likeness (QED) is 0.433. The van der Waals surface area contributed by atoms with E-state index in [4.69, 9.17) is 5.73 Å². The zero-order valence-corrected chi connectivity index (χ0v) is 18.1. The fourth-order valence-electron chi connectivity index (χ4n) is 3.38. The largest absolute Gasteiger partial charge is 0.369 e. The van der Waals surface area contributed by atoms with Crippen molar-refractivity contribution >= 4 is 41.0 Å². The Kier molecular flexibility index (Phi) is 8.52. The summed E-state index contributed by atoms with van der Waals surface area (Å²) in [7, 11) is 0. The molecule has 3 N–H and O–H groups in total. The van der Waals surface area contributed by atoms with Crippen molar-refractivity contribution < 1.29 is 4.79 Å². The van der Waals surface area contributed by atoms with Gasteiger partial charge in [0.1, 0.15) is 0 Å². The fourth-order valence-corrected chi connectivity index (χ4v) is 3.38. The average molecular weight is 415 g/mol. The number of unbranched alkanes of at least 4 members (excludes halogenated alkanes) is 3. The second-order valence-electron chi connectivity index (χ2n) is 7.29. The Balaban J connectivity index is 0.00000300. The summed E-state index contributed by atoms with van der Waals surface area (Å²) in [5, 5.41) is 2.96. The molecule has 0 saturated heterocycles. The molecule has 2 aromatic carbocycles. The second kappa shape index (κ2) is 10.9. The number of halogens is 1. The minimum absolute atomic E-state index is 0. The summed E-state index contributed by atoms with van der Waals surface area (Å²) >= 11 is 0. The van der Waals surface area contributed by atoms with E-state index in [0.29, 0.717) is 11.5 Å². The number of nitrogens with zero attached hydrogens (tertiary/aromatic N) is 2. The first kappa shape index (κ1) is 22.8. The van der Waals surface area contributed by atoms with Gasteiger partial charge in [-0.25, -0.2) is 4.98 Å². The number of rotatable bonds is 9. The van der Waals surface area contributed by atoms with Crippen LogP contribution in [0.25, 0.3) is 11.0 Å². The van der Waals surface area contributed by atoms with Crippen LogP contribution in [0.5, 0.6) is 0 Å². The smallest absolute Gasteiger partial charge is 0.255 e. The van der Waals surface area contributed by atoms with Crippen LogP contribution in [-0.4, -0.2) is 15.5 Å². The molecule has 3 rings (SSSR count). The highest BCUT2D eigenvalue weighted by atomic mass is 35.5. The molecule has 29 heavy (non-hydrogen) atoms. The van der Waals surface area contributed by atoms with Gasteiger partial charge in [0.05, 0.1) is 11.0 Å². The van der Waals surface area contributed by atoms with Crippen molar-refractivity contribution in [2.24, 2.45) is 0 Å². The van der Waals surface area contributed by atoms with Crippen LogP contribution < -0.4 is 11.1 Å². The van der Waals surface area contributed by atoms with E-state index in [1.165, 1.54) is 24.8 Å². The number of benzene rings is 2. The van der Waals surface area contributed by atoms with Crippen molar-refractivity contribution in [1.29, 1.82) is 0 Å². The number of fused-ring (bicyclic) bond motifs is 1. The molecule has 0 aliphatic carbocycles. The minimum atomic E-state index is -0.113. The zero-order valence-electron chi connectivity index (χ0n) is 17.3. The van der Waals surface area contributed by atoms with Crippen LogP contribution >= 0.6 is 12.4 Å². The van der Waals surface area contributed by atoms with Gasteiger partial charge in [0, 0.05) is 17.8 Å². The lowest BCUT2D eigenvalue weighted by Gasteiger charge is -2.08. The monoisotopic (exact) mass is 414 g/mol. The molecule has 1 aromatic heterocycles. The first-order chi connectivity index (χ1) is 13.6. The first-order valence-electron chi connectivity index (χ1n) is 10.3. The summed E-state index contributed by atoms with van der Waals surface area (Å²) in [5.74, 6) is 0.406. The van der Waals surface area contributed by atoms with Gasteiger partial charge in [0.2, 0.25) is 5.95 Å². The van der Waals surface area contributed by atoms with Crippen molar-refractivity contribution in [2.45, 2.75) is 58.9 Å². The van der Waals surface area contributed by atoms with Gasteiger partial charge < -0.3 is 15.6 Å². The molecule has 3 aromatic rings. The summed E-state index contributed by atoms with van der Waals surface area (Å²) in [4.78, 5) is 17.0. The van der Waals surface area contributed by atoms with Crippen LogP contribution in [-0.2, 0) is 13.0 Å². The van der Waals surface area contributed by atoms with Crippen LogP contribution in [0.3, 0.4) is 0 Å². The van der Waals surface area contributed by atoms with Gasteiger partial charge >= 0.3 is 0 Å². The third kappa shape index (κ3) is 5.73. The molecule has 1 amide bonds. The highest BCUT2D eigenvalue weighted by Gasteiger charge is 2.11. The molecule has 0 bridgehead atoms. The van der Waals surface area contributed by atoms with E-state index in [-0.39, 0.29) is 18.3 Å². The van der Waals surface area contributed by atoms with Crippen LogP contribution in [0.2, 0.25) is 0 Å². The second-order valence-corrected chi connectivity index (χ2v) is 7.29. The van der Waals surface area contributed by atoms with E-state index >= 15 is 0 Å². The van der Waals surface area contributed by atoms with Crippen LogP contribution in [0.1, 0.15) is 61.9 Å². The summed E-state index contributed by atoms with van der Waals surface area (Å²) in [5.41, 5.74) is 10.5. The molecule has 0 radical (unpaired) electrons. The molecule has 0 atom stereocenters. The lowest BCUT2D eigenvalue weighted by molar-refractivity contribution is 0.102. The number of imidazole rings is 1. The van der Waals surface area contributed by atoms with Gasteiger partial charge in [-0.15, -0.1) is 12.4 Å². The molecule has 5 nitrogen and oxygen atoms in total. The van der Waals surface area contributed by atoms with Crippen molar-refractivity contribution in [3.63, 3.8) is 0 Å². The summed E-state index contributed by atoms with van der Waals surface area (Å²) < 4.78 is 2.03. The predicted octanol–water partition coefficient (Wildman–Crippen LogP) is 5.83. The molecule has 0 unspecified atom stereocenters. The summed E-state index contributed by atoms with van der Waals surface area (Å²) in [6, 6.07) is 13.6. The summed E-state index contributed by atoms with van der Waals surface area (Å²) in [6.07, 6.45) is 6.87. The van der Waals surface area contributed by atoms with Gasteiger partial charge in [0.25, 0.3) is 5.91 Å². The van der Waals surface area contributed by atoms with E-state index in [1.54, 1.807) is 0 Å². The Morgan fingerprint density at radius 3 is 2.45 bits per heavy atom. The van der Waals surface area contributed by atoms with Crippen molar-refractivity contribution in [3.05, 3.63) is 53.6 Å². The average Bonchev–Trinajstić information content (AvgIpc) is 3.01. The lowest BCUT2D eigenvalue weighted by Crippen LogP contribution is -2.11. The molecule has 6 heteroatoms. The van der Waals surface area contributed by atoms with Crippen LogP contribution in [0.15, 0.2) is 42.5 Å². The Morgan fingerprint density at radius 1 is 1.03 bits per heavy atom. The third-order valence-corrected chi connectivity index (χ3v) is 5.06. The van der Waals surface area contributed by atoms with Crippen LogP contribution in [0, 0.1) is 0 Å². The maximum absolute atomic E-state index is 12.6. The van der Waals surface area contributed by atoms with E-state index in [2.05, 4.69) is 24.1 Å². The lowest BCUT2D eigenvalue weighted by atomic mass is 10.1. The Hall–Kier alpha value is -2.53. The van der Waals surface area contributed by atoms with Gasteiger partial charge in [-0.2, -0.15) is 0 Å². The maximum atomic E-state index is 12.6. The predicted molar refractivity (Wildman–Crippen MR) is 124 cm³/mol. The molecular formula is C23H31ClN4O. The topological polar surface area (TPSA) is 72.9 Å². The molecule has 1 heterocycles. The van der Waals surface area contributed by atoms with Gasteiger partial charge in [-0.05, 0) is 55.2 Å². The van der Waals surface area contributed by atoms with E-state index in [9.17, 15) is 4.79 Å². The Bertz CT molecular complexity index is 934. The van der Waals surface area contributed by atoms with Gasteiger partial charge in [0.15, 0.2) is 0 Å². The number of aryl methyl sites for hydroxylation is 2. The van der Waals surface area contributed by atoms with Crippen LogP contribution in [0.4, 0.5) is 11.6 Å². The molecular weight excluding hydrogens is 384 g/mol. The molecule has 0 aliphatic heterocycles. The normalized spacial score (nSPS) is 10.7. The zero-order chi connectivity index (χ0) is 19.9. The van der Waals surface area contributed by atoms with Gasteiger partial charge in [-0.3, -0.25) is 4.79 Å². The Morgan fingerprint density at radius 2 is 1.76 bits per heavy atom. The van der Waals surface area contributed by atoms with Gasteiger partial charge in [-0.1, -0.05) is 45.2 Å². The first-order valence-corrected chi connectivity index (χ1v) is 10.3. The number of anilines is 2. The molecule has 0 fully saturated rings. The number of nitrogens with two attached hydrogens (primary N) is 1. The Labute approximate surface area is 179 Å². The third-order valence-electron chi connectivity index (χ3n) is 5.06. The number of nitrogens with one attached hydrogen (secondary N) is 1. The van der Waals surface area contributed by atoms with E-state index in [1.807, 2.05) is 47.0 Å². The fraction of sp³-hybridized carbons (Fsp3) is 0.391. The highest BCUT2D eigenvalue weighted by molar-refractivity contribution is 6.05.